The molecular weight excluding hydrogens is 414 g/mol. The number of hydrogen-bond donors (Lipinski definition) is 0. The summed E-state index contributed by atoms with van der Waals surface area (Å²) in [6.45, 7) is 0. The minimum atomic E-state index is 1.21. The fraction of sp³-hybridized carbons (Fsp3) is 0. The van der Waals surface area contributed by atoms with Crippen LogP contribution in [0.5, 0.6) is 0 Å². The third-order valence-electron chi connectivity index (χ3n) is 6.04. The van der Waals surface area contributed by atoms with E-state index >= 15 is 0 Å². The summed E-state index contributed by atoms with van der Waals surface area (Å²) in [7, 11) is 0. The maximum absolute atomic E-state index is 2.44. The molecule has 3 heterocycles. The van der Waals surface area contributed by atoms with E-state index in [9.17, 15) is 0 Å². The van der Waals surface area contributed by atoms with E-state index in [0.29, 0.717) is 0 Å². The van der Waals surface area contributed by atoms with E-state index in [0.717, 1.165) is 0 Å². The summed E-state index contributed by atoms with van der Waals surface area (Å²) in [5, 5.41) is 4.10. The number of rotatable bonds is 2. The highest BCUT2D eigenvalue weighted by Crippen LogP contribution is 2.48. The van der Waals surface area contributed by atoms with Gasteiger partial charge in [0.1, 0.15) is 4.83 Å². The van der Waals surface area contributed by atoms with Crippen molar-refractivity contribution >= 4 is 63.3 Å². The third-order valence-corrected chi connectivity index (χ3v) is 8.57. The summed E-state index contributed by atoms with van der Waals surface area (Å²) in [6, 6.07) is 37.1. The smallest absolute Gasteiger partial charge is 0.110 e. The van der Waals surface area contributed by atoms with Gasteiger partial charge in [-0.3, -0.25) is 0 Å². The number of hydrogen-bond acceptors (Lipinski definition) is 2. The first-order valence-corrected chi connectivity index (χ1v) is 12.0. The average molecular weight is 432 g/mol. The summed E-state index contributed by atoms with van der Waals surface area (Å²) in [5.41, 5.74) is 4.98. The van der Waals surface area contributed by atoms with E-state index < -0.39 is 0 Å². The van der Waals surface area contributed by atoms with E-state index in [4.69, 9.17) is 0 Å². The highest BCUT2D eigenvalue weighted by atomic mass is 32.1. The van der Waals surface area contributed by atoms with Gasteiger partial charge < -0.3 is 4.57 Å². The zero-order chi connectivity index (χ0) is 20.4. The van der Waals surface area contributed by atoms with Gasteiger partial charge in [0.2, 0.25) is 0 Å². The highest BCUT2D eigenvalue weighted by Gasteiger charge is 2.20. The van der Waals surface area contributed by atoms with Crippen LogP contribution in [0.2, 0.25) is 0 Å². The summed E-state index contributed by atoms with van der Waals surface area (Å²) < 4.78 is 6.63. The first kappa shape index (κ1) is 17.3. The number of nitrogens with zero attached hydrogens (tertiary/aromatic N) is 1. The zero-order valence-corrected chi connectivity index (χ0v) is 18.2. The van der Waals surface area contributed by atoms with E-state index in [-0.39, 0.29) is 0 Å². The number of para-hydroxylation sites is 1. The van der Waals surface area contributed by atoms with Gasteiger partial charge in [0, 0.05) is 26.5 Å². The summed E-state index contributed by atoms with van der Waals surface area (Å²) in [6.07, 6.45) is 0. The molecule has 0 saturated carbocycles. The third kappa shape index (κ3) is 2.48. The second-order valence-electron chi connectivity index (χ2n) is 7.80. The average Bonchev–Trinajstić information content (AvgIpc) is 3.47. The predicted molar refractivity (Wildman–Crippen MR) is 137 cm³/mol. The molecule has 0 spiro atoms. The molecule has 7 rings (SSSR count). The maximum atomic E-state index is 2.44. The van der Waals surface area contributed by atoms with Gasteiger partial charge in [-0.2, -0.15) is 0 Å². The van der Waals surface area contributed by atoms with Gasteiger partial charge in [-0.25, -0.2) is 0 Å². The summed E-state index contributed by atoms with van der Waals surface area (Å²) in [5.74, 6) is 0. The number of thiophene rings is 2. The van der Waals surface area contributed by atoms with Crippen molar-refractivity contribution in [2.75, 3.05) is 0 Å². The molecule has 0 radical (unpaired) electrons. The second kappa shape index (κ2) is 6.55. The Balaban J connectivity index is 1.52. The standard InChI is InChI=1S/C28H17NS2/c1-2-8-18(9-3-1)19-14-16-20(17-15-19)29-23-12-6-4-10-21(23)25-27-26(31-28(25)29)22-11-5-7-13-24(22)30-27/h1-17H. The van der Waals surface area contributed by atoms with Crippen molar-refractivity contribution in [2.24, 2.45) is 0 Å². The Morgan fingerprint density at radius 2 is 1.19 bits per heavy atom. The molecule has 0 aliphatic rings. The van der Waals surface area contributed by atoms with Crippen molar-refractivity contribution in [3.05, 3.63) is 103 Å². The molecule has 0 aliphatic heterocycles. The Kier molecular flexibility index (Phi) is 3.65. The van der Waals surface area contributed by atoms with Gasteiger partial charge in [-0.1, -0.05) is 78.9 Å². The van der Waals surface area contributed by atoms with Crippen LogP contribution < -0.4 is 0 Å². The van der Waals surface area contributed by atoms with Crippen LogP contribution in [-0.4, -0.2) is 4.57 Å². The number of fused-ring (bicyclic) bond motifs is 7. The van der Waals surface area contributed by atoms with Crippen molar-refractivity contribution in [1.82, 2.24) is 4.57 Å². The van der Waals surface area contributed by atoms with Crippen molar-refractivity contribution in [3.8, 4) is 16.8 Å². The molecule has 1 nitrogen and oxygen atoms in total. The van der Waals surface area contributed by atoms with Gasteiger partial charge in [-0.05, 0) is 35.4 Å². The van der Waals surface area contributed by atoms with E-state index in [1.54, 1.807) is 0 Å². The SMILES string of the molecule is c1ccc(-c2ccc(-n3c4ccccc4c4c5sc6ccccc6c5sc43)cc2)cc1. The Labute approximate surface area is 187 Å². The van der Waals surface area contributed by atoms with Crippen molar-refractivity contribution in [2.45, 2.75) is 0 Å². The van der Waals surface area contributed by atoms with Gasteiger partial charge in [0.15, 0.2) is 0 Å². The Morgan fingerprint density at radius 1 is 0.516 bits per heavy atom. The topological polar surface area (TPSA) is 4.93 Å². The predicted octanol–water partition coefficient (Wildman–Crippen LogP) is 8.88. The van der Waals surface area contributed by atoms with E-state index in [2.05, 4.69) is 108 Å². The fourth-order valence-electron chi connectivity index (χ4n) is 4.61. The molecule has 0 fully saturated rings. The van der Waals surface area contributed by atoms with Crippen LogP contribution in [0, 0.1) is 0 Å². The van der Waals surface area contributed by atoms with Crippen LogP contribution in [0.3, 0.4) is 0 Å². The van der Waals surface area contributed by atoms with Gasteiger partial charge in [-0.15, -0.1) is 22.7 Å². The van der Waals surface area contributed by atoms with Crippen molar-refractivity contribution in [1.29, 1.82) is 0 Å². The second-order valence-corrected chi connectivity index (χ2v) is 9.86. The monoisotopic (exact) mass is 431 g/mol. The molecule has 0 aliphatic carbocycles. The Morgan fingerprint density at radius 3 is 2.03 bits per heavy atom. The molecule has 0 N–H and O–H groups in total. The number of benzene rings is 4. The van der Waals surface area contributed by atoms with Crippen LogP contribution >= 0.6 is 22.7 Å². The van der Waals surface area contributed by atoms with Crippen LogP contribution in [0.15, 0.2) is 103 Å². The summed E-state index contributed by atoms with van der Waals surface area (Å²) in [4.78, 5) is 1.33. The maximum Gasteiger partial charge on any atom is 0.110 e. The van der Waals surface area contributed by atoms with Crippen LogP contribution in [0.4, 0.5) is 0 Å². The minimum Gasteiger partial charge on any atom is -0.301 e. The van der Waals surface area contributed by atoms with Crippen molar-refractivity contribution < 1.29 is 0 Å². The Bertz CT molecular complexity index is 1710. The molecule has 3 aromatic heterocycles. The normalized spacial score (nSPS) is 11.9. The lowest BCUT2D eigenvalue weighted by atomic mass is 10.1. The molecule has 7 aromatic rings. The molecule has 0 atom stereocenters. The van der Waals surface area contributed by atoms with Crippen LogP contribution in [0.1, 0.15) is 0 Å². The first-order chi connectivity index (χ1) is 15.4. The quantitative estimate of drug-likeness (QED) is 0.257. The minimum absolute atomic E-state index is 1.21. The molecule has 146 valence electrons. The van der Waals surface area contributed by atoms with Gasteiger partial charge in [0.25, 0.3) is 0 Å². The fourth-order valence-corrected chi connectivity index (χ4v) is 7.43. The van der Waals surface area contributed by atoms with E-state index in [1.807, 2.05) is 22.7 Å². The summed E-state index contributed by atoms with van der Waals surface area (Å²) >= 11 is 3.84. The molecule has 0 bridgehead atoms. The van der Waals surface area contributed by atoms with E-state index in [1.165, 1.54) is 57.4 Å². The van der Waals surface area contributed by atoms with Gasteiger partial charge in [0.05, 0.1) is 14.9 Å². The van der Waals surface area contributed by atoms with Crippen LogP contribution in [0.25, 0.3) is 57.4 Å². The highest BCUT2D eigenvalue weighted by molar-refractivity contribution is 7.36. The zero-order valence-electron chi connectivity index (χ0n) is 16.6. The molecule has 4 aromatic carbocycles. The molecule has 0 saturated heterocycles. The largest absolute Gasteiger partial charge is 0.301 e. The molecular formula is C28H17NS2. The number of aromatic nitrogens is 1. The molecule has 0 amide bonds. The molecule has 3 heteroatoms. The van der Waals surface area contributed by atoms with Crippen LogP contribution in [-0.2, 0) is 0 Å². The van der Waals surface area contributed by atoms with Gasteiger partial charge >= 0.3 is 0 Å². The first-order valence-electron chi connectivity index (χ1n) is 10.4. The lowest BCUT2D eigenvalue weighted by Crippen LogP contribution is -1.92. The lowest BCUT2D eigenvalue weighted by molar-refractivity contribution is 1.19. The molecule has 31 heavy (non-hydrogen) atoms. The Hall–Kier alpha value is -3.40. The lowest BCUT2D eigenvalue weighted by Gasteiger charge is -2.08. The molecule has 0 unspecified atom stereocenters. The van der Waals surface area contributed by atoms with Crippen molar-refractivity contribution in [3.63, 3.8) is 0 Å².